The molecule has 2 aromatic rings. The molecule has 0 aliphatic carbocycles. The van der Waals surface area contributed by atoms with Gasteiger partial charge < -0.3 is 5.32 Å². The van der Waals surface area contributed by atoms with E-state index < -0.39 is 16.9 Å². The van der Waals surface area contributed by atoms with Crippen LogP contribution in [0.25, 0.3) is 10.2 Å². The Morgan fingerprint density at radius 1 is 1.59 bits per heavy atom. The molecule has 0 saturated carbocycles. The summed E-state index contributed by atoms with van der Waals surface area (Å²) in [5.41, 5.74) is 0.723. The fraction of sp³-hybridized carbons (Fsp3) is 0.308. The molecule has 0 saturated heterocycles. The number of carbonyl (C=O) groups excluding carboxylic acids is 1. The highest BCUT2D eigenvalue weighted by Gasteiger charge is 2.24. The van der Waals surface area contributed by atoms with Crippen molar-refractivity contribution in [3.05, 3.63) is 27.8 Å². The standard InChI is InChI=1S/C13H13N5O3S/c1-3-15-12(19)17-13-16-8-4-5-9(18(20)21)10(7(2)6-14)11(8)22-13/h4-5,7H,3H2,1-2H3,(H2,15,16,17,19). The van der Waals surface area contributed by atoms with E-state index in [9.17, 15) is 14.9 Å². The largest absolute Gasteiger partial charge is 0.338 e. The van der Waals surface area contributed by atoms with Crippen molar-refractivity contribution in [2.24, 2.45) is 0 Å². The van der Waals surface area contributed by atoms with Gasteiger partial charge in [0, 0.05) is 12.6 Å². The smallest absolute Gasteiger partial charge is 0.321 e. The first-order valence-corrected chi connectivity index (χ1v) is 7.31. The third-order valence-electron chi connectivity index (χ3n) is 2.95. The summed E-state index contributed by atoms with van der Waals surface area (Å²) in [6.07, 6.45) is 0. The second-order valence-electron chi connectivity index (χ2n) is 4.46. The number of nitro groups is 1. The zero-order valence-corrected chi connectivity index (χ0v) is 12.7. The normalized spacial score (nSPS) is 11.7. The van der Waals surface area contributed by atoms with E-state index in [4.69, 9.17) is 5.26 Å². The Hall–Kier alpha value is -2.73. The topological polar surface area (TPSA) is 121 Å². The second-order valence-corrected chi connectivity index (χ2v) is 5.46. The predicted octanol–water partition coefficient (Wildman–Crippen LogP) is 2.97. The third-order valence-corrected chi connectivity index (χ3v) is 3.97. The molecule has 2 amide bonds. The molecule has 114 valence electrons. The van der Waals surface area contributed by atoms with Gasteiger partial charge in [-0.3, -0.25) is 15.4 Å². The molecule has 1 atom stereocenters. The summed E-state index contributed by atoms with van der Waals surface area (Å²) < 4.78 is 0.537. The van der Waals surface area contributed by atoms with Gasteiger partial charge in [0.05, 0.1) is 32.7 Å². The maximum atomic E-state index is 11.5. The van der Waals surface area contributed by atoms with Gasteiger partial charge in [0.1, 0.15) is 0 Å². The minimum Gasteiger partial charge on any atom is -0.338 e. The number of nitrogens with zero attached hydrogens (tertiary/aromatic N) is 3. The van der Waals surface area contributed by atoms with Gasteiger partial charge in [0.15, 0.2) is 5.13 Å². The Morgan fingerprint density at radius 3 is 2.91 bits per heavy atom. The second kappa shape index (κ2) is 6.36. The van der Waals surface area contributed by atoms with Crippen molar-refractivity contribution in [3.63, 3.8) is 0 Å². The van der Waals surface area contributed by atoms with Crippen LogP contribution < -0.4 is 10.6 Å². The van der Waals surface area contributed by atoms with Crippen LogP contribution in [0, 0.1) is 21.4 Å². The fourth-order valence-corrected chi connectivity index (χ4v) is 3.09. The van der Waals surface area contributed by atoms with Crippen LogP contribution >= 0.6 is 11.3 Å². The zero-order valence-electron chi connectivity index (χ0n) is 11.9. The number of fused-ring (bicyclic) bond motifs is 1. The zero-order chi connectivity index (χ0) is 16.3. The molecule has 0 radical (unpaired) electrons. The van der Waals surface area contributed by atoms with Gasteiger partial charge in [-0.05, 0) is 19.9 Å². The number of hydrogen-bond acceptors (Lipinski definition) is 6. The summed E-state index contributed by atoms with van der Waals surface area (Å²) in [6, 6.07) is 4.47. The van der Waals surface area contributed by atoms with Gasteiger partial charge in [0.2, 0.25) is 0 Å². The number of hydrogen-bond donors (Lipinski definition) is 2. The Labute approximate surface area is 129 Å². The van der Waals surface area contributed by atoms with E-state index in [-0.39, 0.29) is 5.69 Å². The van der Waals surface area contributed by atoms with Crippen LogP contribution in [-0.2, 0) is 0 Å². The first kappa shape index (κ1) is 15.7. The number of urea groups is 1. The minimum absolute atomic E-state index is 0.116. The minimum atomic E-state index is -0.651. The third kappa shape index (κ3) is 2.96. The maximum absolute atomic E-state index is 11.5. The monoisotopic (exact) mass is 319 g/mol. The Bertz CT molecular complexity index is 780. The number of thiazole rings is 1. The lowest BCUT2D eigenvalue weighted by atomic mass is 10.0. The quantitative estimate of drug-likeness (QED) is 0.662. The van der Waals surface area contributed by atoms with Crippen LogP contribution in [0.15, 0.2) is 12.1 Å². The van der Waals surface area contributed by atoms with E-state index in [0.29, 0.717) is 27.5 Å². The van der Waals surface area contributed by atoms with Crippen molar-refractivity contribution >= 4 is 38.4 Å². The number of amides is 2. The molecule has 0 bridgehead atoms. The van der Waals surface area contributed by atoms with E-state index in [0.717, 1.165) is 11.3 Å². The highest BCUT2D eigenvalue weighted by molar-refractivity contribution is 7.22. The molecular formula is C13H13N5O3S. The van der Waals surface area contributed by atoms with Crippen molar-refractivity contribution in [2.75, 3.05) is 11.9 Å². The van der Waals surface area contributed by atoms with Gasteiger partial charge in [-0.15, -0.1) is 0 Å². The Morgan fingerprint density at radius 2 is 2.32 bits per heavy atom. The molecule has 1 unspecified atom stereocenters. The molecule has 1 aromatic carbocycles. The Balaban J connectivity index is 2.54. The lowest BCUT2D eigenvalue weighted by molar-refractivity contribution is -0.385. The molecule has 2 N–H and O–H groups in total. The van der Waals surface area contributed by atoms with Crippen LogP contribution in [-0.4, -0.2) is 22.5 Å². The van der Waals surface area contributed by atoms with Gasteiger partial charge >= 0.3 is 6.03 Å². The number of rotatable bonds is 4. The molecule has 9 heteroatoms. The van der Waals surface area contributed by atoms with Gasteiger partial charge in [-0.1, -0.05) is 11.3 Å². The van der Waals surface area contributed by atoms with Crippen LogP contribution in [0.1, 0.15) is 25.3 Å². The van der Waals surface area contributed by atoms with E-state index in [2.05, 4.69) is 15.6 Å². The molecule has 1 heterocycles. The molecule has 0 aliphatic rings. The van der Waals surface area contributed by atoms with Crippen molar-refractivity contribution in [2.45, 2.75) is 19.8 Å². The highest BCUT2D eigenvalue weighted by Crippen LogP contribution is 2.38. The average Bonchev–Trinajstić information content (AvgIpc) is 2.87. The number of aromatic nitrogens is 1. The highest BCUT2D eigenvalue weighted by atomic mass is 32.1. The van der Waals surface area contributed by atoms with Crippen molar-refractivity contribution in [3.8, 4) is 6.07 Å². The summed E-state index contributed by atoms with van der Waals surface area (Å²) >= 11 is 1.11. The summed E-state index contributed by atoms with van der Waals surface area (Å²) in [5.74, 6) is -0.651. The van der Waals surface area contributed by atoms with Crippen LogP contribution in [0.5, 0.6) is 0 Å². The van der Waals surface area contributed by atoms with Crippen LogP contribution in [0.2, 0.25) is 0 Å². The molecule has 22 heavy (non-hydrogen) atoms. The fourth-order valence-electron chi connectivity index (χ4n) is 2.00. The number of nitriles is 1. The first-order valence-electron chi connectivity index (χ1n) is 6.50. The van der Waals surface area contributed by atoms with Crippen molar-refractivity contribution in [1.29, 1.82) is 5.26 Å². The van der Waals surface area contributed by atoms with Crippen LogP contribution in [0.4, 0.5) is 15.6 Å². The molecule has 2 rings (SSSR count). The summed E-state index contributed by atoms with van der Waals surface area (Å²) in [5, 5.41) is 25.7. The summed E-state index contributed by atoms with van der Waals surface area (Å²) in [4.78, 5) is 26.4. The number of nitro benzene ring substituents is 1. The molecule has 0 spiro atoms. The molecule has 0 aliphatic heterocycles. The predicted molar refractivity (Wildman–Crippen MR) is 83.0 cm³/mol. The van der Waals surface area contributed by atoms with E-state index >= 15 is 0 Å². The lowest BCUT2D eigenvalue weighted by Crippen LogP contribution is -2.28. The molecule has 8 nitrogen and oxygen atoms in total. The summed E-state index contributed by atoms with van der Waals surface area (Å²) in [7, 11) is 0. The van der Waals surface area contributed by atoms with Gasteiger partial charge in [-0.25, -0.2) is 9.78 Å². The average molecular weight is 319 g/mol. The number of nitrogens with one attached hydrogen (secondary N) is 2. The lowest BCUT2D eigenvalue weighted by Gasteiger charge is -2.04. The van der Waals surface area contributed by atoms with Crippen molar-refractivity contribution in [1.82, 2.24) is 10.3 Å². The number of anilines is 1. The first-order chi connectivity index (χ1) is 10.5. The molecule has 0 fully saturated rings. The summed E-state index contributed by atoms with van der Waals surface area (Å²) in [6.45, 7) is 3.85. The van der Waals surface area contributed by atoms with Gasteiger partial charge in [0.25, 0.3) is 5.69 Å². The molecular weight excluding hydrogens is 306 g/mol. The van der Waals surface area contributed by atoms with Crippen LogP contribution in [0.3, 0.4) is 0 Å². The number of benzene rings is 1. The molecule has 1 aromatic heterocycles. The Kier molecular flexibility index (Phi) is 4.53. The SMILES string of the molecule is CCNC(=O)Nc1nc2ccc([N+](=O)[O-])c(C(C)C#N)c2s1. The van der Waals surface area contributed by atoms with E-state index in [1.165, 1.54) is 12.1 Å². The van der Waals surface area contributed by atoms with Crippen molar-refractivity contribution < 1.29 is 9.72 Å². The maximum Gasteiger partial charge on any atom is 0.321 e. The van der Waals surface area contributed by atoms with E-state index in [1.54, 1.807) is 13.8 Å². The number of carbonyl (C=O) groups is 1. The van der Waals surface area contributed by atoms with E-state index in [1.807, 2.05) is 6.07 Å². The van der Waals surface area contributed by atoms with Gasteiger partial charge in [-0.2, -0.15) is 5.26 Å².